The second kappa shape index (κ2) is 9.06. The van der Waals surface area contributed by atoms with Crippen LogP contribution in [0.3, 0.4) is 0 Å². The zero-order chi connectivity index (χ0) is 23.3. The van der Waals surface area contributed by atoms with E-state index in [1.54, 1.807) is 0 Å². The number of ether oxygens (including phenoxy) is 1. The van der Waals surface area contributed by atoms with Crippen molar-refractivity contribution in [1.82, 2.24) is 0 Å². The van der Waals surface area contributed by atoms with Crippen molar-refractivity contribution in [2.24, 2.45) is 46.3 Å². The monoisotopic (exact) mass is 446 g/mol. The molecule has 0 saturated heterocycles. The number of aliphatic hydroxyl groups excluding tert-OH is 2. The number of fused-ring (bicyclic) bond motifs is 5. The molecule has 4 nitrogen and oxygen atoms in total. The number of carbonyl (C=O) groups is 1. The van der Waals surface area contributed by atoms with Crippen molar-refractivity contribution in [3.8, 4) is 0 Å². The lowest BCUT2D eigenvalue weighted by Crippen LogP contribution is -2.58. The van der Waals surface area contributed by atoms with Crippen LogP contribution in [0, 0.1) is 46.3 Å². The van der Waals surface area contributed by atoms with Crippen molar-refractivity contribution >= 4 is 5.97 Å². The molecule has 4 heteroatoms. The van der Waals surface area contributed by atoms with Crippen LogP contribution in [0.4, 0.5) is 0 Å². The lowest BCUT2D eigenvalue weighted by atomic mass is 9.43. The predicted molar refractivity (Wildman–Crippen MR) is 127 cm³/mol. The summed E-state index contributed by atoms with van der Waals surface area (Å²) >= 11 is 0. The molecule has 4 aliphatic rings. The minimum absolute atomic E-state index is 0.167. The van der Waals surface area contributed by atoms with Crippen LogP contribution in [0.1, 0.15) is 91.9 Å². The van der Waals surface area contributed by atoms with E-state index in [2.05, 4.69) is 20.8 Å². The lowest BCUT2D eigenvalue weighted by Gasteiger charge is -2.62. The highest BCUT2D eigenvalue weighted by Crippen LogP contribution is 2.68. The molecular weight excluding hydrogens is 400 g/mol. The topological polar surface area (TPSA) is 66.8 Å². The number of rotatable bonds is 5. The molecule has 0 radical (unpaired) electrons. The standard InChI is InChI=1S/C28H46O4/c1-17(7-6-8-18(2)26(31)32-5)21-9-10-22-25-23(12-14-28(21,22)4)27(3)13-11-20(29)15-19(27)16-24(25)30/h8,17,19-25,29-30H,6-7,9-16H2,1-5H3/b18-8+/t17-,19+,20-,21-,22+,23+,24-,25+,27+,28-/m1/s1. The third-order valence-electron chi connectivity index (χ3n) is 11.0. The summed E-state index contributed by atoms with van der Waals surface area (Å²) in [5, 5.41) is 21.6. The largest absolute Gasteiger partial charge is 0.466 e. The Morgan fingerprint density at radius 2 is 1.75 bits per heavy atom. The third-order valence-corrected chi connectivity index (χ3v) is 11.0. The van der Waals surface area contributed by atoms with Gasteiger partial charge in [0.2, 0.25) is 0 Å². The summed E-state index contributed by atoms with van der Waals surface area (Å²) < 4.78 is 4.82. The van der Waals surface area contributed by atoms with Gasteiger partial charge in [-0.25, -0.2) is 4.79 Å². The highest BCUT2D eigenvalue weighted by molar-refractivity contribution is 5.87. The maximum Gasteiger partial charge on any atom is 0.333 e. The van der Waals surface area contributed by atoms with Gasteiger partial charge in [0.15, 0.2) is 0 Å². The van der Waals surface area contributed by atoms with Gasteiger partial charge in [0.05, 0.1) is 19.3 Å². The number of carbonyl (C=O) groups excluding carboxylic acids is 1. The Labute approximate surface area is 195 Å². The van der Waals surface area contributed by atoms with E-state index < -0.39 is 0 Å². The van der Waals surface area contributed by atoms with Gasteiger partial charge in [-0.1, -0.05) is 26.8 Å². The van der Waals surface area contributed by atoms with Gasteiger partial charge in [0.25, 0.3) is 0 Å². The number of allylic oxidation sites excluding steroid dienone is 1. The van der Waals surface area contributed by atoms with E-state index in [4.69, 9.17) is 4.74 Å². The van der Waals surface area contributed by atoms with E-state index in [0.29, 0.717) is 51.9 Å². The van der Waals surface area contributed by atoms with Crippen molar-refractivity contribution in [2.75, 3.05) is 7.11 Å². The predicted octanol–water partition coefficient (Wildman–Crippen LogP) is 5.51. The van der Waals surface area contributed by atoms with E-state index in [1.807, 2.05) is 13.0 Å². The van der Waals surface area contributed by atoms with E-state index in [0.717, 1.165) is 38.5 Å². The Hall–Kier alpha value is -0.870. The summed E-state index contributed by atoms with van der Waals surface area (Å²) in [5.74, 6) is 3.25. The van der Waals surface area contributed by atoms with Gasteiger partial charge in [-0.05, 0) is 117 Å². The van der Waals surface area contributed by atoms with Crippen molar-refractivity contribution in [3.63, 3.8) is 0 Å². The van der Waals surface area contributed by atoms with Crippen LogP contribution in [0.5, 0.6) is 0 Å². The SMILES string of the molecule is COC(=O)/C(C)=C/CC[C@@H](C)[C@H]1CC[C@H]2[C@@H]3[C@H](O)C[C@@H]4C[C@H](O)CC[C@]4(C)[C@H]3CC[C@]12C. The van der Waals surface area contributed by atoms with Crippen LogP contribution in [0.15, 0.2) is 11.6 Å². The maximum absolute atomic E-state index is 11.7. The van der Waals surface area contributed by atoms with Gasteiger partial charge in [-0.15, -0.1) is 0 Å². The summed E-state index contributed by atoms with van der Waals surface area (Å²) in [6.45, 7) is 9.26. The van der Waals surface area contributed by atoms with Crippen LogP contribution in [0.25, 0.3) is 0 Å². The molecule has 0 bridgehead atoms. The van der Waals surface area contributed by atoms with Crippen molar-refractivity contribution in [3.05, 3.63) is 11.6 Å². The van der Waals surface area contributed by atoms with E-state index in [1.165, 1.54) is 32.8 Å². The van der Waals surface area contributed by atoms with E-state index >= 15 is 0 Å². The number of esters is 1. The first-order valence-corrected chi connectivity index (χ1v) is 13.2. The van der Waals surface area contributed by atoms with E-state index in [-0.39, 0.29) is 18.2 Å². The molecule has 182 valence electrons. The third kappa shape index (κ3) is 3.98. The molecule has 0 amide bonds. The average Bonchev–Trinajstić information content (AvgIpc) is 3.11. The maximum atomic E-state index is 11.7. The minimum atomic E-state index is -0.225. The van der Waals surface area contributed by atoms with Gasteiger partial charge in [-0.3, -0.25) is 0 Å². The van der Waals surface area contributed by atoms with Crippen molar-refractivity contribution in [2.45, 2.75) is 104 Å². The van der Waals surface area contributed by atoms with Crippen molar-refractivity contribution < 1.29 is 19.7 Å². The lowest BCUT2D eigenvalue weighted by molar-refractivity contribution is -0.174. The van der Waals surface area contributed by atoms with Crippen LogP contribution < -0.4 is 0 Å². The molecule has 4 saturated carbocycles. The fourth-order valence-corrected chi connectivity index (χ4v) is 9.18. The molecule has 0 aliphatic heterocycles. The summed E-state index contributed by atoms with van der Waals surface area (Å²) in [6.07, 6.45) is 12.6. The van der Waals surface area contributed by atoms with E-state index in [9.17, 15) is 15.0 Å². The molecule has 0 aromatic carbocycles. The molecule has 32 heavy (non-hydrogen) atoms. The molecule has 0 heterocycles. The molecule has 0 unspecified atom stereocenters. The normalized spacial score (nSPS) is 47.2. The first kappa shape index (κ1) is 24.3. The summed E-state index contributed by atoms with van der Waals surface area (Å²) in [5.41, 5.74) is 1.33. The molecule has 4 rings (SSSR count). The fourth-order valence-electron chi connectivity index (χ4n) is 9.18. The number of hydrogen-bond donors (Lipinski definition) is 2. The highest BCUT2D eigenvalue weighted by Gasteiger charge is 2.62. The summed E-state index contributed by atoms with van der Waals surface area (Å²) in [6, 6.07) is 0. The van der Waals surface area contributed by atoms with Gasteiger partial charge in [0, 0.05) is 5.57 Å². The first-order valence-electron chi connectivity index (χ1n) is 13.2. The summed E-state index contributed by atoms with van der Waals surface area (Å²) in [7, 11) is 1.44. The van der Waals surface area contributed by atoms with Crippen LogP contribution in [-0.4, -0.2) is 35.5 Å². The van der Waals surface area contributed by atoms with Crippen molar-refractivity contribution in [1.29, 1.82) is 0 Å². The van der Waals surface area contributed by atoms with Gasteiger partial charge in [0.1, 0.15) is 0 Å². The Morgan fingerprint density at radius 1 is 1.06 bits per heavy atom. The molecule has 4 aliphatic carbocycles. The molecule has 0 aromatic heterocycles. The van der Waals surface area contributed by atoms with Crippen LogP contribution >= 0.6 is 0 Å². The molecule has 0 spiro atoms. The Kier molecular flexibility index (Phi) is 6.87. The minimum Gasteiger partial charge on any atom is -0.466 e. The first-order chi connectivity index (χ1) is 15.1. The number of methoxy groups -OCH3 is 1. The molecule has 0 aromatic rings. The number of aliphatic hydroxyl groups is 2. The second-order valence-electron chi connectivity index (χ2n) is 12.4. The molecule has 10 atom stereocenters. The van der Waals surface area contributed by atoms with Gasteiger partial charge < -0.3 is 14.9 Å². The Bertz CT molecular complexity index is 731. The van der Waals surface area contributed by atoms with Crippen LogP contribution in [-0.2, 0) is 9.53 Å². The smallest absolute Gasteiger partial charge is 0.333 e. The fraction of sp³-hybridized carbons (Fsp3) is 0.893. The number of hydrogen-bond acceptors (Lipinski definition) is 4. The quantitative estimate of drug-likeness (QED) is 0.431. The zero-order valence-corrected chi connectivity index (χ0v) is 21.0. The Morgan fingerprint density at radius 3 is 2.47 bits per heavy atom. The van der Waals surface area contributed by atoms with Crippen LogP contribution in [0.2, 0.25) is 0 Å². The average molecular weight is 447 g/mol. The molecular formula is C28H46O4. The zero-order valence-electron chi connectivity index (χ0n) is 21.0. The highest BCUT2D eigenvalue weighted by atomic mass is 16.5. The second-order valence-corrected chi connectivity index (χ2v) is 12.4. The Balaban J connectivity index is 1.47. The molecule has 2 N–H and O–H groups in total. The summed E-state index contributed by atoms with van der Waals surface area (Å²) in [4.78, 5) is 11.7. The molecule has 4 fully saturated rings. The van der Waals surface area contributed by atoms with Gasteiger partial charge >= 0.3 is 5.97 Å². The van der Waals surface area contributed by atoms with Gasteiger partial charge in [-0.2, -0.15) is 0 Å².